The first-order chi connectivity index (χ1) is 7.20. The predicted molar refractivity (Wildman–Crippen MR) is 61.1 cm³/mol. The van der Waals surface area contributed by atoms with Gasteiger partial charge in [0.2, 0.25) is 0 Å². The number of thiophene rings is 1. The number of rotatable bonds is 2. The third-order valence-electron chi connectivity index (χ3n) is 2.10. The Morgan fingerprint density at radius 2 is 2.00 bits per heavy atom. The van der Waals surface area contributed by atoms with E-state index < -0.39 is 5.97 Å². The molecule has 0 amide bonds. The van der Waals surface area contributed by atoms with Gasteiger partial charge in [-0.3, -0.25) is 0 Å². The Balaban J connectivity index is 2.63. The Bertz CT molecular complexity index is 505. The summed E-state index contributed by atoms with van der Waals surface area (Å²) in [6, 6.07) is 8.64. The van der Waals surface area contributed by atoms with Crippen molar-refractivity contribution in [2.45, 2.75) is 0 Å². The highest BCUT2D eigenvalue weighted by Crippen LogP contribution is 2.33. The van der Waals surface area contributed by atoms with Gasteiger partial charge in [0.05, 0.1) is 16.1 Å². The van der Waals surface area contributed by atoms with Crippen LogP contribution in [0.2, 0.25) is 0 Å². The van der Waals surface area contributed by atoms with Crippen LogP contribution in [0.5, 0.6) is 0 Å². The van der Waals surface area contributed by atoms with Crippen LogP contribution in [0.3, 0.4) is 0 Å². The van der Waals surface area contributed by atoms with E-state index in [9.17, 15) is 4.79 Å². The number of nitrogens with two attached hydrogens (primary N) is 1. The maximum absolute atomic E-state index is 11.0. The van der Waals surface area contributed by atoms with Crippen molar-refractivity contribution in [3.8, 4) is 10.4 Å². The minimum atomic E-state index is -0.932. The number of carboxylic acid groups (broad SMARTS) is 1. The highest BCUT2D eigenvalue weighted by atomic mass is 32.1. The van der Waals surface area contributed by atoms with Gasteiger partial charge >= 0.3 is 5.97 Å². The van der Waals surface area contributed by atoms with Gasteiger partial charge in [-0.1, -0.05) is 18.2 Å². The molecule has 0 aliphatic rings. The third-order valence-corrected chi connectivity index (χ3v) is 3.06. The van der Waals surface area contributed by atoms with Crippen molar-refractivity contribution in [1.82, 2.24) is 0 Å². The summed E-state index contributed by atoms with van der Waals surface area (Å²) in [5.41, 5.74) is 7.34. The molecule has 2 rings (SSSR count). The highest BCUT2D eigenvalue weighted by Gasteiger charge is 2.13. The second-order valence-corrected chi connectivity index (χ2v) is 3.97. The third kappa shape index (κ3) is 1.71. The number of carboxylic acids is 1. The van der Waals surface area contributed by atoms with E-state index >= 15 is 0 Å². The Labute approximate surface area is 90.8 Å². The molecular weight excluding hydrogens is 210 g/mol. The molecule has 0 spiro atoms. The lowest BCUT2D eigenvalue weighted by Gasteiger charge is -2.04. The van der Waals surface area contributed by atoms with Crippen LogP contribution < -0.4 is 5.73 Å². The molecule has 0 radical (unpaired) electrons. The van der Waals surface area contributed by atoms with Gasteiger partial charge < -0.3 is 10.8 Å². The molecule has 1 aromatic heterocycles. The van der Waals surface area contributed by atoms with E-state index in [1.165, 1.54) is 11.3 Å². The van der Waals surface area contributed by atoms with E-state index in [0.717, 1.165) is 4.88 Å². The number of carbonyl (C=O) groups is 1. The lowest BCUT2D eigenvalue weighted by molar-refractivity contribution is 0.0698. The topological polar surface area (TPSA) is 63.3 Å². The number of nitrogen functional groups attached to an aromatic ring is 1. The summed E-state index contributed by atoms with van der Waals surface area (Å²) in [7, 11) is 0. The molecule has 0 saturated carbocycles. The maximum Gasteiger partial charge on any atom is 0.336 e. The normalized spacial score (nSPS) is 10.1. The van der Waals surface area contributed by atoms with E-state index in [4.69, 9.17) is 10.8 Å². The maximum atomic E-state index is 11.0. The van der Waals surface area contributed by atoms with Gasteiger partial charge in [0, 0.05) is 5.56 Å². The SMILES string of the molecule is Nc1ccsc1-c1ccccc1C(=O)O. The number of hydrogen-bond donors (Lipinski definition) is 2. The molecule has 15 heavy (non-hydrogen) atoms. The average molecular weight is 219 g/mol. The summed E-state index contributed by atoms with van der Waals surface area (Å²) >= 11 is 1.45. The standard InChI is InChI=1S/C11H9NO2S/c12-9-5-6-15-10(9)7-3-1-2-4-8(7)11(13)14/h1-6H,12H2,(H,13,14). The molecule has 0 aliphatic heterocycles. The second-order valence-electron chi connectivity index (χ2n) is 3.06. The second kappa shape index (κ2) is 3.74. The van der Waals surface area contributed by atoms with E-state index in [1.807, 2.05) is 5.38 Å². The fourth-order valence-electron chi connectivity index (χ4n) is 1.41. The first-order valence-electron chi connectivity index (χ1n) is 4.36. The Morgan fingerprint density at radius 1 is 1.27 bits per heavy atom. The molecule has 0 unspecified atom stereocenters. The molecule has 0 fully saturated rings. The molecule has 1 aromatic carbocycles. The van der Waals surface area contributed by atoms with Crippen LogP contribution in [0.15, 0.2) is 35.7 Å². The summed E-state index contributed by atoms with van der Waals surface area (Å²) in [5, 5.41) is 10.9. The molecule has 3 N–H and O–H groups in total. The van der Waals surface area contributed by atoms with Gasteiger partial charge in [-0.15, -0.1) is 11.3 Å². The van der Waals surface area contributed by atoms with E-state index in [-0.39, 0.29) is 5.56 Å². The molecule has 0 saturated heterocycles. The van der Waals surface area contributed by atoms with Gasteiger partial charge in [0.1, 0.15) is 0 Å². The Kier molecular flexibility index (Phi) is 2.43. The van der Waals surface area contributed by atoms with E-state index in [1.54, 1.807) is 30.3 Å². The lowest BCUT2D eigenvalue weighted by atomic mass is 10.1. The zero-order valence-electron chi connectivity index (χ0n) is 7.81. The van der Waals surface area contributed by atoms with Crippen LogP contribution in [0.4, 0.5) is 5.69 Å². The van der Waals surface area contributed by atoms with Crippen molar-refractivity contribution in [2.75, 3.05) is 5.73 Å². The van der Waals surface area contributed by atoms with Crippen LogP contribution in [0, 0.1) is 0 Å². The van der Waals surface area contributed by atoms with Crippen LogP contribution >= 0.6 is 11.3 Å². The van der Waals surface area contributed by atoms with Gasteiger partial charge in [0.25, 0.3) is 0 Å². The van der Waals surface area contributed by atoms with Gasteiger partial charge in [-0.25, -0.2) is 4.79 Å². The van der Waals surface area contributed by atoms with Crippen LogP contribution in [0.25, 0.3) is 10.4 Å². The van der Waals surface area contributed by atoms with E-state index in [2.05, 4.69) is 0 Å². The van der Waals surface area contributed by atoms with Crippen molar-refractivity contribution in [2.24, 2.45) is 0 Å². The summed E-state index contributed by atoms with van der Waals surface area (Å²) < 4.78 is 0. The van der Waals surface area contributed by atoms with Crippen LogP contribution in [0.1, 0.15) is 10.4 Å². The Morgan fingerprint density at radius 3 is 2.60 bits per heavy atom. The molecule has 3 nitrogen and oxygen atoms in total. The van der Waals surface area contributed by atoms with Crippen molar-refractivity contribution < 1.29 is 9.90 Å². The monoisotopic (exact) mass is 219 g/mol. The summed E-state index contributed by atoms with van der Waals surface area (Å²) in [6.45, 7) is 0. The summed E-state index contributed by atoms with van der Waals surface area (Å²) in [4.78, 5) is 11.8. The first kappa shape index (κ1) is 9.73. The number of anilines is 1. The van der Waals surface area contributed by atoms with Gasteiger partial charge in [0.15, 0.2) is 0 Å². The van der Waals surface area contributed by atoms with Crippen molar-refractivity contribution >= 4 is 23.0 Å². The first-order valence-corrected chi connectivity index (χ1v) is 5.24. The molecular formula is C11H9NO2S. The fourth-order valence-corrected chi connectivity index (χ4v) is 2.27. The average Bonchev–Trinajstić information content (AvgIpc) is 2.64. The lowest BCUT2D eigenvalue weighted by Crippen LogP contribution is -1.99. The van der Waals surface area contributed by atoms with E-state index in [0.29, 0.717) is 11.3 Å². The largest absolute Gasteiger partial charge is 0.478 e. The fraction of sp³-hybridized carbons (Fsp3) is 0. The molecule has 1 heterocycles. The zero-order chi connectivity index (χ0) is 10.8. The number of hydrogen-bond acceptors (Lipinski definition) is 3. The molecule has 0 bridgehead atoms. The predicted octanol–water partition coefficient (Wildman–Crippen LogP) is 2.70. The molecule has 0 atom stereocenters. The van der Waals surface area contributed by atoms with Crippen molar-refractivity contribution in [1.29, 1.82) is 0 Å². The minimum absolute atomic E-state index is 0.284. The van der Waals surface area contributed by atoms with Crippen molar-refractivity contribution in [3.05, 3.63) is 41.3 Å². The summed E-state index contributed by atoms with van der Waals surface area (Å²) in [5.74, 6) is -0.932. The van der Waals surface area contributed by atoms with Gasteiger partial charge in [-0.05, 0) is 17.5 Å². The number of aromatic carboxylic acids is 1. The van der Waals surface area contributed by atoms with Crippen LogP contribution in [-0.4, -0.2) is 11.1 Å². The molecule has 76 valence electrons. The highest BCUT2D eigenvalue weighted by molar-refractivity contribution is 7.14. The molecule has 4 heteroatoms. The quantitative estimate of drug-likeness (QED) is 0.816. The minimum Gasteiger partial charge on any atom is -0.478 e. The summed E-state index contributed by atoms with van der Waals surface area (Å²) in [6.07, 6.45) is 0. The Hall–Kier alpha value is -1.81. The zero-order valence-corrected chi connectivity index (χ0v) is 8.62. The molecule has 2 aromatic rings. The van der Waals surface area contributed by atoms with Gasteiger partial charge in [-0.2, -0.15) is 0 Å². The van der Waals surface area contributed by atoms with Crippen molar-refractivity contribution in [3.63, 3.8) is 0 Å². The number of benzene rings is 1. The van der Waals surface area contributed by atoms with Crippen LogP contribution in [-0.2, 0) is 0 Å². The smallest absolute Gasteiger partial charge is 0.336 e. The molecule has 0 aliphatic carbocycles.